The van der Waals surface area contributed by atoms with Crippen LogP contribution in [0.3, 0.4) is 0 Å². The van der Waals surface area contributed by atoms with Crippen LogP contribution < -0.4 is 0 Å². The predicted octanol–water partition coefficient (Wildman–Crippen LogP) is 4.81. The summed E-state index contributed by atoms with van der Waals surface area (Å²) in [7, 11) is 0. The summed E-state index contributed by atoms with van der Waals surface area (Å²) in [5.74, 6) is 0. The maximum Gasteiger partial charge on any atom is 0.269 e. The molecule has 0 fully saturated rings. The number of allylic oxidation sites excluding steroid dienone is 1. The molecule has 23 heavy (non-hydrogen) atoms. The van der Waals surface area contributed by atoms with Crippen molar-refractivity contribution in [3.8, 4) is 6.07 Å². The Bertz CT molecular complexity index is 951. The van der Waals surface area contributed by atoms with Crippen molar-refractivity contribution in [1.29, 1.82) is 5.26 Å². The van der Waals surface area contributed by atoms with E-state index >= 15 is 0 Å². The van der Waals surface area contributed by atoms with Crippen LogP contribution in [-0.2, 0) is 0 Å². The van der Waals surface area contributed by atoms with Gasteiger partial charge >= 0.3 is 0 Å². The van der Waals surface area contributed by atoms with Crippen molar-refractivity contribution in [3.05, 3.63) is 88.0 Å². The summed E-state index contributed by atoms with van der Waals surface area (Å²) >= 11 is 0. The first kappa shape index (κ1) is 14.5. The first-order valence-electron chi connectivity index (χ1n) is 7.03. The molecule has 0 saturated carbocycles. The van der Waals surface area contributed by atoms with Crippen LogP contribution in [0.2, 0.25) is 0 Å². The van der Waals surface area contributed by atoms with Crippen molar-refractivity contribution in [1.82, 2.24) is 0 Å². The standard InChI is InChI=1S/C19H12N2O2/c20-13-18(16-7-9-19(10-8-16)21(22)23)12-14-5-6-15-3-1-2-4-17(15)11-14/h1-12H/b18-12+. The van der Waals surface area contributed by atoms with Gasteiger partial charge in [0.25, 0.3) is 5.69 Å². The number of nitriles is 1. The first-order valence-corrected chi connectivity index (χ1v) is 7.03. The maximum absolute atomic E-state index is 10.7. The molecular weight excluding hydrogens is 288 g/mol. The van der Waals surface area contributed by atoms with E-state index in [1.54, 1.807) is 18.2 Å². The van der Waals surface area contributed by atoms with Crippen LogP contribution in [0.25, 0.3) is 22.4 Å². The number of hydrogen-bond donors (Lipinski definition) is 0. The molecule has 3 rings (SSSR count). The smallest absolute Gasteiger partial charge is 0.258 e. The van der Waals surface area contributed by atoms with E-state index in [1.807, 2.05) is 42.5 Å². The molecule has 0 aliphatic carbocycles. The molecule has 110 valence electrons. The highest BCUT2D eigenvalue weighted by atomic mass is 16.6. The van der Waals surface area contributed by atoms with Gasteiger partial charge in [-0.25, -0.2) is 0 Å². The molecule has 0 atom stereocenters. The fraction of sp³-hybridized carbons (Fsp3) is 0. The molecule has 0 saturated heterocycles. The number of nitro groups is 1. The second kappa shape index (κ2) is 6.12. The molecule has 0 radical (unpaired) electrons. The molecule has 3 aromatic rings. The fourth-order valence-corrected chi connectivity index (χ4v) is 2.41. The predicted molar refractivity (Wildman–Crippen MR) is 90.5 cm³/mol. The second-order valence-electron chi connectivity index (χ2n) is 5.08. The van der Waals surface area contributed by atoms with E-state index in [4.69, 9.17) is 0 Å². The van der Waals surface area contributed by atoms with Gasteiger partial charge in [0.1, 0.15) is 0 Å². The lowest BCUT2D eigenvalue weighted by Crippen LogP contribution is -1.88. The maximum atomic E-state index is 10.7. The summed E-state index contributed by atoms with van der Waals surface area (Å²) in [4.78, 5) is 10.2. The Morgan fingerprint density at radius 1 is 1.00 bits per heavy atom. The summed E-state index contributed by atoms with van der Waals surface area (Å²) in [6, 6.07) is 22.1. The molecule has 0 unspecified atom stereocenters. The average Bonchev–Trinajstić information content (AvgIpc) is 2.59. The van der Waals surface area contributed by atoms with E-state index in [2.05, 4.69) is 6.07 Å². The van der Waals surface area contributed by atoms with Gasteiger partial charge in [-0.1, -0.05) is 36.4 Å². The van der Waals surface area contributed by atoms with Crippen LogP contribution in [0.1, 0.15) is 11.1 Å². The monoisotopic (exact) mass is 300 g/mol. The minimum atomic E-state index is -0.455. The summed E-state index contributed by atoms with van der Waals surface area (Å²) in [5.41, 5.74) is 2.05. The van der Waals surface area contributed by atoms with Crippen LogP contribution >= 0.6 is 0 Å². The van der Waals surface area contributed by atoms with Crippen molar-refractivity contribution >= 4 is 28.1 Å². The van der Waals surface area contributed by atoms with E-state index in [0.717, 1.165) is 16.3 Å². The summed E-state index contributed by atoms with van der Waals surface area (Å²) in [5, 5.41) is 22.3. The largest absolute Gasteiger partial charge is 0.269 e. The number of benzene rings is 3. The number of nitro benzene ring substituents is 1. The Balaban J connectivity index is 2.00. The quantitative estimate of drug-likeness (QED) is 0.301. The van der Waals surface area contributed by atoms with E-state index in [9.17, 15) is 15.4 Å². The molecule has 0 aliphatic rings. The Hall–Kier alpha value is -3.45. The van der Waals surface area contributed by atoms with Gasteiger partial charge in [0.2, 0.25) is 0 Å². The SMILES string of the molecule is N#C/C(=C\c1ccc2ccccc2c1)c1ccc([N+](=O)[O-])cc1. The van der Waals surface area contributed by atoms with Gasteiger partial charge in [0.05, 0.1) is 16.6 Å². The summed E-state index contributed by atoms with van der Waals surface area (Å²) < 4.78 is 0. The van der Waals surface area contributed by atoms with Gasteiger partial charge in [-0.2, -0.15) is 5.26 Å². The molecule has 0 aromatic heterocycles. The molecule has 0 amide bonds. The van der Waals surface area contributed by atoms with Gasteiger partial charge in [-0.05, 0) is 46.2 Å². The molecule has 0 bridgehead atoms. The Kier molecular flexibility index (Phi) is 3.86. The average molecular weight is 300 g/mol. The Labute approximate surface area is 133 Å². The number of hydrogen-bond acceptors (Lipinski definition) is 3. The van der Waals surface area contributed by atoms with Gasteiger partial charge in [0, 0.05) is 12.1 Å². The lowest BCUT2D eigenvalue weighted by atomic mass is 10.0. The molecule has 0 spiro atoms. The minimum Gasteiger partial charge on any atom is -0.258 e. The van der Waals surface area contributed by atoms with E-state index in [1.165, 1.54) is 12.1 Å². The number of non-ortho nitro benzene ring substituents is 1. The van der Waals surface area contributed by atoms with Crippen LogP contribution in [0, 0.1) is 21.4 Å². The molecule has 0 aliphatic heterocycles. The normalized spacial score (nSPS) is 11.2. The van der Waals surface area contributed by atoms with Gasteiger partial charge < -0.3 is 0 Å². The van der Waals surface area contributed by atoms with Crippen LogP contribution in [-0.4, -0.2) is 4.92 Å². The Morgan fingerprint density at radius 3 is 2.35 bits per heavy atom. The molecule has 4 heteroatoms. The molecule has 4 nitrogen and oxygen atoms in total. The topological polar surface area (TPSA) is 66.9 Å². The van der Waals surface area contributed by atoms with Gasteiger partial charge in [-0.15, -0.1) is 0 Å². The van der Waals surface area contributed by atoms with Crippen molar-refractivity contribution in [3.63, 3.8) is 0 Å². The van der Waals surface area contributed by atoms with Crippen LogP contribution in [0.15, 0.2) is 66.7 Å². The van der Waals surface area contributed by atoms with E-state index in [0.29, 0.717) is 11.1 Å². The zero-order valence-electron chi connectivity index (χ0n) is 12.1. The molecule has 3 aromatic carbocycles. The van der Waals surface area contributed by atoms with Gasteiger partial charge in [-0.3, -0.25) is 10.1 Å². The molecule has 0 heterocycles. The first-order chi connectivity index (χ1) is 11.2. The highest BCUT2D eigenvalue weighted by molar-refractivity contribution is 5.92. The van der Waals surface area contributed by atoms with Gasteiger partial charge in [0.15, 0.2) is 0 Å². The van der Waals surface area contributed by atoms with E-state index < -0.39 is 4.92 Å². The van der Waals surface area contributed by atoms with E-state index in [-0.39, 0.29) is 5.69 Å². The highest BCUT2D eigenvalue weighted by Gasteiger charge is 2.07. The number of nitrogens with zero attached hydrogens (tertiary/aromatic N) is 2. The second-order valence-corrected chi connectivity index (χ2v) is 5.08. The minimum absolute atomic E-state index is 0.0109. The van der Waals surface area contributed by atoms with Crippen molar-refractivity contribution in [2.45, 2.75) is 0 Å². The van der Waals surface area contributed by atoms with Crippen molar-refractivity contribution in [2.75, 3.05) is 0 Å². The highest BCUT2D eigenvalue weighted by Crippen LogP contribution is 2.23. The summed E-state index contributed by atoms with van der Waals surface area (Å²) in [6.07, 6.45) is 1.79. The lowest BCUT2D eigenvalue weighted by molar-refractivity contribution is -0.384. The molecule has 0 N–H and O–H groups in total. The summed E-state index contributed by atoms with van der Waals surface area (Å²) in [6.45, 7) is 0. The third kappa shape index (κ3) is 3.09. The Morgan fingerprint density at radius 2 is 1.70 bits per heavy atom. The lowest BCUT2D eigenvalue weighted by Gasteiger charge is -2.02. The van der Waals surface area contributed by atoms with Crippen molar-refractivity contribution in [2.24, 2.45) is 0 Å². The van der Waals surface area contributed by atoms with Crippen molar-refractivity contribution < 1.29 is 4.92 Å². The zero-order valence-corrected chi connectivity index (χ0v) is 12.1. The third-order valence-electron chi connectivity index (χ3n) is 3.59. The van der Waals surface area contributed by atoms with Crippen LogP contribution in [0.4, 0.5) is 5.69 Å². The number of fused-ring (bicyclic) bond motifs is 1. The number of rotatable bonds is 3. The zero-order chi connectivity index (χ0) is 16.2. The third-order valence-corrected chi connectivity index (χ3v) is 3.59. The molecular formula is C19H12N2O2. The fourth-order valence-electron chi connectivity index (χ4n) is 2.41. The van der Waals surface area contributed by atoms with Crippen LogP contribution in [0.5, 0.6) is 0 Å².